The summed E-state index contributed by atoms with van der Waals surface area (Å²) in [6, 6.07) is 9.16. The molecule has 0 aliphatic rings. The first-order chi connectivity index (χ1) is 11.9. The van der Waals surface area contributed by atoms with E-state index in [1.807, 2.05) is 6.92 Å². The molecular weight excluding hydrogens is 365 g/mol. The molecule has 8 heteroatoms. The molecule has 1 amide bonds. The summed E-state index contributed by atoms with van der Waals surface area (Å²) in [4.78, 5) is 26.0. The number of nitro benzene ring substituents is 1. The Morgan fingerprint density at radius 1 is 1.20 bits per heavy atom. The summed E-state index contributed by atoms with van der Waals surface area (Å²) in [5, 5.41) is 15.1. The van der Waals surface area contributed by atoms with Crippen LogP contribution in [0.1, 0.15) is 28.9 Å². The number of nitrogens with zero attached hydrogens (tertiary/aromatic N) is 1. The van der Waals surface area contributed by atoms with Gasteiger partial charge in [0.15, 0.2) is 0 Å². The van der Waals surface area contributed by atoms with E-state index in [1.54, 1.807) is 24.3 Å². The van der Waals surface area contributed by atoms with Crippen molar-refractivity contribution in [2.75, 3.05) is 0 Å². The predicted molar refractivity (Wildman–Crippen MR) is 97.3 cm³/mol. The smallest absolute Gasteiger partial charge is 0.270 e. The highest BCUT2D eigenvalue weighted by atomic mass is 35.5. The van der Waals surface area contributed by atoms with Gasteiger partial charge in [0.05, 0.1) is 26.6 Å². The standard InChI is InChI=1S/C17H13Cl2N3O3/c1-9(10-2-4-14(18)15(19)6-10)21-17(23)13-8-20-16-5-3-11(22(24)25)7-12(13)16/h2-9,20H,1H3,(H,21,23). The van der Waals surface area contributed by atoms with Gasteiger partial charge in [0, 0.05) is 29.2 Å². The van der Waals surface area contributed by atoms with Crippen molar-refractivity contribution < 1.29 is 9.72 Å². The Kier molecular flexibility index (Phi) is 4.65. The fraction of sp³-hybridized carbons (Fsp3) is 0.118. The first kappa shape index (κ1) is 17.3. The zero-order valence-electron chi connectivity index (χ0n) is 13.0. The summed E-state index contributed by atoms with van der Waals surface area (Å²) < 4.78 is 0. The maximum atomic E-state index is 12.6. The van der Waals surface area contributed by atoms with E-state index in [0.717, 1.165) is 5.56 Å². The number of non-ortho nitro benzene ring substituents is 1. The minimum absolute atomic E-state index is 0.0707. The molecule has 128 valence electrons. The van der Waals surface area contributed by atoms with Crippen molar-refractivity contribution in [3.05, 3.63) is 73.9 Å². The molecule has 6 nitrogen and oxygen atoms in total. The number of hydrogen-bond acceptors (Lipinski definition) is 3. The molecule has 0 aliphatic carbocycles. The van der Waals surface area contributed by atoms with Gasteiger partial charge in [-0.1, -0.05) is 29.3 Å². The van der Waals surface area contributed by atoms with Gasteiger partial charge in [-0.3, -0.25) is 14.9 Å². The Morgan fingerprint density at radius 3 is 2.64 bits per heavy atom. The van der Waals surface area contributed by atoms with Gasteiger partial charge in [0.25, 0.3) is 11.6 Å². The molecule has 1 heterocycles. The van der Waals surface area contributed by atoms with Crippen molar-refractivity contribution in [3.8, 4) is 0 Å². The van der Waals surface area contributed by atoms with Gasteiger partial charge in [0.1, 0.15) is 0 Å². The number of H-pyrrole nitrogens is 1. The summed E-state index contributed by atoms with van der Waals surface area (Å²) in [5.74, 6) is -0.342. The summed E-state index contributed by atoms with van der Waals surface area (Å²) in [5.41, 5.74) is 1.72. The van der Waals surface area contributed by atoms with Crippen LogP contribution in [0, 0.1) is 10.1 Å². The van der Waals surface area contributed by atoms with Gasteiger partial charge in [-0.15, -0.1) is 0 Å². The average Bonchev–Trinajstić information content (AvgIpc) is 3.00. The number of nitrogens with one attached hydrogen (secondary N) is 2. The van der Waals surface area contributed by atoms with Crippen LogP contribution in [-0.2, 0) is 0 Å². The van der Waals surface area contributed by atoms with Crippen LogP contribution in [0.25, 0.3) is 10.9 Å². The molecule has 0 saturated carbocycles. The number of hydrogen-bond donors (Lipinski definition) is 2. The van der Waals surface area contributed by atoms with Crippen LogP contribution in [0.2, 0.25) is 10.0 Å². The molecular formula is C17H13Cl2N3O3. The van der Waals surface area contributed by atoms with Crippen LogP contribution in [0.4, 0.5) is 5.69 Å². The van der Waals surface area contributed by atoms with E-state index in [-0.39, 0.29) is 17.6 Å². The highest BCUT2D eigenvalue weighted by molar-refractivity contribution is 6.42. The van der Waals surface area contributed by atoms with E-state index in [0.29, 0.717) is 26.5 Å². The molecule has 0 saturated heterocycles. The molecule has 25 heavy (non-hydrogen) atoms. The second-order valence-corrected chi connectivity index (χ2v) is 6.37. The highest BCUT2D eigenvalue weighted by Gasteiger charge is 2.18. The number of benzene rings is 2. The lowest BCUT2D eigenvalue weighted by Gasteiger charge is -2.14. The normalized spacial score (nSPS) is 12.1. The number of halogens is 2. The van der Waals surface area contributed by atoms with Crippen LogP contribution in [0.5, 0.6) is 0 Å². The topological polar surface area (TPSA) is 88.0 Å². The van der Waals surface area contributed by atoms with Crippen molar-refractivity contribution >= 4 is 45.7 Å². The Balaban J connectivity index is 1.87. The number of aromatic amines is 1. The van der Waals surface area contributed by atoms with Gasteiger partial charge in [-0.25, -0.2) is 0 Å². The number of aromatic nitrogens is 1. The van der Waals surface area contributed by atoms with E-state index in [1.165, 1.54) is 18.3 Å². The minimum atomic E-state index is -0.494. The fourth-order valence-corrected chi connectivity index (χ4v) is 2.86. The summed E-state index contributed by atoms with van der Waals surface area (Å²) >= 11 is 11.9. The zero-order chi connectivity index (χ0) is 18.1. The molecule has 0 fully saturated rings. The van der Waals surface area contributed by atoms with Crippen LogP contribution < -0.4 is 5.32 Å². The number of carbonyl (C=O) groups excluding carboxylic acids is 1. The second-order valence-electron chi connectivity index (χ2n) is 5.56. The van der Waals surface area contributed by atoms with Crippen molar-refractivity contribution in [1.29, 1.82) is 0 Å². The Morgan fingerprint density at radius 2 is 1.96 bits per heavy atom. The van der Waals surface area contributed by atoms with Gasteiger partial charge < -0.3 is 10.3 Å². The third-order valence-corrected chi connectivity index (χ3v) is 4.65. The third-order valence-electron chi connectivity index (χ3n) is 3.91. The maximum Gasteiger partial charge on any atom is 0.270 e. The molecule has 1 aromatic heterocycles. The fourth-order valence-electron chi connectivity index (χ4n) is 2.55. The van der Waals surface area contributed by atoms with Crippen LogP contribution in [0.3, 0.4) is 0 Å². The molecule has 0 aliphatic heterocycles. The van der Waals surface area contributed by atoms with Crippen LogP contribution in [0.15, 0.2) is 42.6 Å². The van der Waals surface area contributed by atoms with Crippen LogP contribution >= 0.6 is 23.2 Å². The van der Waals surface area contributed by atoms with Gasteiger partial charge in [-0.2, -0.15) is 0 Å². The molecule has 2 N–H and O–H groups in total. The molecule has 0 bridgehead atoms. The molecule has 1 unspecified atom stereocenters. The SMILES string of the molecule is CC(NC(=O)c1c[nH]c2ccc([N+](=O)[O-])cc12)c1ccc(Cl)c(Cl)c1. The summed E-state index contributed by atoms with van der Waals surface area (Å²) in [7, 11) is 0. The maximum absolute atomic E-state index is 12.6. The number of fused-ring (bicyclic) bond motifs is 1. The number of amides is 1. The van der Waals surface area contributed by atoms with E-state index < -0.39 is 4.92 Å². The first-order valence-corrected chi connectivity index (χ1v) is 8.13. The van der Waals surface area contributed by atoms with Gasteiger partial charge in [0.2, 0.25) is 0 Å². The third kappa shape index (κ3) is 3.45. The second kappa shape index (κ2) is 6.74. The molecule has 2 aromatic carbocycles. The van der Waals surface area contributed by atoms with Crippen molar-refractivity contribution in [2.45, 2.75) is 13.0 Å². The largest absolute Gasteiger partial charge is 0.360 e. The molecule has 3 aromatic rings. The Bertz CT molecular complexity index is 984. The lowest BCUT2D eigenvalue weighted by molar-refractivity contribution is -0.384. The Hall–Kier alpha value is -2.57. The van der Waals surface area contributed by atoms with E-state index in [9.17, 15) is 14.9 Å². The quantitative estimate of drug-likeness (QED) is 0.501. The minimum Gasteiger partial charge on any atom is -0.360 e. The Labute approximate surface area is 152 Å². The van der Waals surface area contributed by atoms with E-state index in [2.05, 4.69) is 10.3 Å². The predicted octanol–water partition coefficient (Wildman–Crippen LogP) is 4.87. The number of rotatable bonds is 4. The van der Waals surface area contributed by atoms with Crippen molar-refractivity contribution in [3.63, 3.8) is 0 Å². The monoisotopic (exact) mass is 377 g/mol. The zero-order valence-corrected chi connectivity index (χ0v) is 14.6. The molecule has 3 rings (SSSR count). The van der Waals surface area contributed by atoms with Gasteiger partial charge >= 0.3 is 0 Å². The molecule has 0 spiro atoms. The van der Waals surface area contributed by atoms with Crippen LogP contribution in [-0.4, -0.2) is 15.8 Å². The highest BCUT2D eigenvalue weighted by Crippen LogP contribution is 2.27. The number of carbonyl (C=O) groups is 1. The van der Waals surface area contributed by atoms with E-state index in [4.69, 9.17) is 23.2 Å². The molecule has 0 radical (unpaired) electrons. The average molecular weight is 378 g/mol. The lowest BCUT2D eigenvalue weighted by Crippen LogP contribution is -2.26. The van der Waals surface area contributed by atoms with Crippen molar-refractivity contribution in [2.24, 2.45) is 0 Å². The molecule has 1 atom stereocenters. The van der Waals surface area contributed by atoms with Gasteiger partial charge in [-0.05, 0) is 30.7 Å². The van der Waals surface area contributed by atoms with Crippen molar-refractivity contribution in [1.82, 2.24) is 10.3 Å². The van der Waals surface area contributed by atoms with E-state index >= 15 is 0 Å². The number of nitro groups is 1. The first-order valence-electron chi connectivity index (χ1n) is 7.38. The lowest BCUT2D eigenvalue weighted by atomic mass is 10.1. The summed E-state index contributed by atoms with van der Waals surface area (Å²) in [6.07, 6.45) is 1.53. The summed E-state index contributed by atoms with van der Waals surface area (Å²) in [6.45, 7) is 1.81.